The second-order valence-corrected chi connectivity index (χ2v) is 2.41. The largest absolute Gasteiger partial charge is 0.324 e. The summed E-state index contributed by atoms with van der Waals surface area (Å²) in [4.78, 5) is 3.79. The van der Waals surface area contributed by atoms with Crippen LogP contribution in [0.2, 0.25) is 0 Å². The van der Waals surface area contributed by atoms with Gasteiger partial charge in [0.15, 0.2) is 3.84 Å². The van der Waals surface area contributed by atoms with Crippen molar-refractivity contribution in [2.24, 2.45) is 4.99 Å². The van der Waals surface area contributed by atoms with E-state index in [-0.39, 0.29) is 0 Å². The molecule has 50 valence electrons. The Balaban J connectivity index is 3.75. The van der Waals surface area contributed by atoms with E-state index >= 15 is 0 Å². The lowest BCUT2D eigenvalue weighted by atomic mass is 10.7. The van der Waals surface area contributed by atoms with Crippen molar-refractivity contribution in [2.75, 3.05) is 0 Å². The van der Waals surface area contributed by atoms with Gasteiger partial charge < -0.3 is 5.32 Å². The molecule has 3 nitrogen and oxygen atoms in total. The molecule has 0 atom stereocenters. The molecule has 0 aromatic carbocycles. The highest BCUT2D eigenvalue weighted by Crippen LogP contribution is 1.81. The van der Waals surface area contributed by atoms with Crippen LogP contribution in [0.5, 0.6) is 0 Å². The third-order valence-corrected chi connectivity index (χ3v) is 0.845. The van der Waals surface area contributed by atoms with Gasteiger partial charge in [-0.05, 0) is 29.5 Å². The molecule has 2 N–H and O–H groups in total. The molecule has 0 saturated heterocycles. The molecule has 0 unspecified atom stereocenters. The van der Waals surface area contributed by atoms with Crippen LogP contribution in [0.25, 0.3) is 0 Å². The first kappa shape index (κ1) is 8.61. The van der Waals surface area contributed by atoms with E-state index in [1.54, 1.807) is 6.92 Å². The summed E-state index contributed by atoms with van der Waals surface area (Å²) < 4.78 is 0.357. The zero-order valence-electron chi connectivity index (χ0n) is 5.11. The summed E-state index contributed by atoms with van der Waals surface area (Å²) in [5.74, 6) is 0.685. The van der Waals surface area contributed by atoms with Crippen LogP contribution in [0.1, 0.15) is 6.92 Å². The van der Waals surface area contributed by atoms with Gasteiger partial charge in [-0.25, -0.2) is 4.99 Å². The summed E-state index contributed by atoms with van der Waals surface area (Å²) in [6.45, 7) is 5.18. The van der Waals surface area contributed by atoms with Crippen molar-refractivity contribution < 1.29 is 0 Å². The number of rotatable bonds is 1. The van der Waals surface area contributed by atoms with Crippen LogP contribution in [0.15, 0.2) is 17.8 Å². The van der Waals surface area contributed by atoms with Gasteiger partial charge >= 0.3 is 0 Å². The topological polar surface area (TPSA) is 48.2 Å². The first-order chi connectivity index (χ1) is 4.16. The van der Waals surface area contributed by atoms with Gasteiger partial charge in [0.2, 0.25) is 0 Å². The third-order valence-electron chi connectivity index (χ3n) is 0.576. The lowest BCUT2D eigenvalue weighted by molar-refractivity contribution is 1.30. The number of nitrogens with zero attached hydrogens (tertiary/aromatic N) is 1. The lowest BCUT2D eigenvalue weighted by Gasteiger charge is -1.97. The van der Waals surface area contributed by atoms with Crippen LogP contribution in [-0.4, -0.2) is 9.68 Å². The Morgan fingerprint density at radius 2 is 2.44 bits per heavy atom. The molecule has 0 aliphatic carbocycles. The maximum absolute atomic E-state index is 6.96. The van der Waals surface area contributed by atoms with Gasteiger partial charge in [0, 0.05) is 6.20 Å². The van der Waals surface area contributed by atoms with Gasteiger partial charge in [-0.2, -0.15) is 0 Å². The minimum absolute atomic E-state index is 0.357. The number of halogens is 1. The van der Waals surface area contributed by atoms with Crippen molar-refractivity contribution in [2.45, 2.75) is 6.92 Å². The number of nitrogens with one attached hydrogen (secondary N) is 2. The molecule has 0 heterocycles. The SMILES string of the molecule is C=CN=C(C)NC(=N)I. The fourth-order valence-corrected chi connectivity index (χ4v) is 0.718. The molecule has 0 saturated carbocycles. The quantitative estimate of drug-likeness (QED) is 0.309. The summed E-state index contributed by atoms with van der Waals surface area (Å²) in [7, 11) is 0. The molecule has 0 amide bonds. The maximum atomic E-state index is 6.96. The molecular formula is C5H8IN3. The van der Waals surface area contributed by atoms with E-state index in [4.69, 9.17) is 5.41 Å². The fraction of sp³-hybridized carbons (Fsp3) is 0.200. The highest BCUT2D eigenvalue weighted by Gasteiger charge is 1.87. The first-order valence-corrected chi connectivity index (χ1v) is 3.41. The van der Waals surface area contributed by atoms with Gasteiger partial charge in [-0.3, -0.25) is 5.41 Å². The van der Waals surface area contributed by atoms with Crippen LogP contribution in [0, 0.1) is 5.41 Å². The molecule has 4 heteroatoms. The second-order valence-electron chi connectivity index (χ2n) is 1.34. The van der Waals surface area contributed by atoms with Crippen molar-refractivity contribution >= 4 is 32.3 Å². The molecule has 0 aromatic rings. The average Bonchev–Trinajstić information content (AvgIpc) is 1.63. The molecule has 0 aliphatic heterocycles. The summed E-state index contributed by atoms with van der Waals surface area (Å²) in [5.41, 5.74) is 0. The minimum atomic E-state index is 0.357. The zero-order chi connectivity index (χ0) is 7.28. The molecule has 9 heavy (non-hydrogen) atoms. The average molecular weight is 237 g/mol. The third kappa shape index (κ3) is 5.48. The zero-order valence-corrected chi connectivity index (χ0v) is 7.27. The summed E-state index contributed by atoms with van der Waals surface area (Å²) in [6, 6.07) is 0. The van der Waals surface area contributed by atoms with E-state index in [1.807, 2.05) is 22.6 Å². The van der Waals surface area contributed by atoms with Gasteiger partial charge in [-0.15, -0.1) is 0 Å². The number of aliphatic imine (C=N–C) groups is 1. The molecule has 0 spiro atoms. The van der Waals surface area contributed by atoms with Crippen LogP contribution < -0.4 is 5.32 Å². The second kappa shape index (κ2) is 4.49. The molecule has 0 aliphatic rings. The maximum Gasteiger partial charge on any atom is 0.162 e. The van der Waals surface area contributed by atoms with Crippen LogP contribution in [0.3, 0.4) is 0 Å². The van der Waals surface area contributed by atoms with Gasteiger partial charge in [0.1, 0.15) is 5.84 Å². The number of hydrogen-bond donors (Lipinski definition) is 2. The number of amidine groups is 2. The van der Waals surface area contributed by atoms with Crippen LogP contribution >= 0.6 is 22.6 Å². The molecule has 0 bridgehead atoms. The van der Waals surface area contributed by atoms with Crippen molar-refractivity contribution in [3.63, 3.8) is 0 Å². The Morgan fingerprint density at radius 1 is 1.89 bits per heavy atom. The molecular weight excluding hydrogens is 229 g/mol. The Labute approximate surface area is 67.9 Å². The number of hydrogen-bond acceptors (Lipinski definition) is 2. The molecule has 0 radical (unpaired) electrons. The van der Waals surface area contributed by atoms with Crippen molar-refractivity contribution in [1.29, 1.82) is 5.41 Å². The van der Waals surface area contributed by atoms with E-state index < -0.39 is 0 Å². The van der Waals surface area contributed by atoms with Crippen LogP contribution in [0.4, 0.5) is 0 Å². The van der Waals surface area contributed by atoms with Crippen molar-refractivity contribution in [3.05, 3.63) is 12.8 Å². The fourth-order valence-electron chi connectivity index (χ4n) is 0.328. The van der Waals surface area contributed by atoms with E-state index in [0.717, 1.165) is 0 Å². The Hall–Kier alpha value is -0.390. The Kier molecular flexibility index (Phi) is 4.29. The standard InChI is InChI=1S/C5H8IN3/c1-3-8-4(2)9-5(6)7/h3H,1H2,2H3,(H2,7,8,9). The van der Waals surface area contributed by atoms with Crippen molar-refractivity contribution in [3.8, 4) is 0 Å². The van der Waals surface area contributed by atoms with Crippen molar-refractivity contribution in [1.82, 2.24) is 5.32 Å². The predicted molar refractivity (Wildman–Crippen MR) is 48.2 cm³/mol. The summed E-state index contributed by atoms with van der Waals surface area (Å²) in [5, 5.41) is 9.66. The lowest BCUT2D eigenvalue weighted by Crippen LogP contribution is -2.22. The van der Waals surface area contributed by atoms with E-state index in [2.05, 4.69) is 16.9 Å². The highest BCUT2D eigenvalue weighted by atomic mass is 127. The van der Waals surface area contributed by atoms with E-state index in [1.165, 1.54) is 6.20 Å². The highest BCUT2D eigenvalue weighted by molar-refractivity contribution is 14.1. The monoisotopic (exact) mass is 237 g/mol. The smallest absolute Gasteiger partial charge is 0.162 e. The van der Waals surface area contributed by atoms with E-state index in [9.17, 15) is 0 Å². The van der Waals surface area contributed by atoms with E-state index in [0.29, 0.717) is 9.68 Å². The van der Waals surface area contributed by atoms with Crippen LogP contribution in [-0.2, 0) is 0 Å². The molecule has 0 aromatic heterocycles. The normalized spacial score (nSPS) is 10.7. The Bertz CT molecular complexity index is 150. The molecule has 0 rings (SSSR count). The van der Waals surface area contributed by atoms with Gasteiger partial charge in [0.05, 0.1) is 0 Å². The molecule has 0 fully saturated rings. The Morgan fingerprint density at radius 3 is 2.78 bits per heavy atom. The van der Waals surface area contributed by atoms with Gasteiger partial charge in [-0.1, -0.05) is 6.58 Å². The summed E-state index contributed by atoms with van der Waals surface area (Å²) in [6.07, 6.45) is 1.43. The minimum Gasteiger partial charge on any atom is -0.324 e. The summed E-state index contributed by atoms with van der Waals surface area (Å²) >= 11 is 1.85. The predicted octanol–water partition coefficient (Wildman–Crippen LogP) is 1.51. The van der Waals surface area contributed by atoms with Gasteiger partial charge in [0.25, 0.3) is 0 Å². The first-order valence-electron chi connectivity index (χ1n) is 2.33.